The molecule has 0 aliphatic carbocycles. The average Bonchev–Trinajstić information content (AvgIpc) is 2.36. The Balaban J connectivity index is 2.49. The second-order valence-corrected chi connectivity index (χ2v) is 4.62. The van der Waals surface area contributed by atoms with Crippen LogP contribution < -0.4 is 0 Å². The minimum absolute atomic E-state index is 0.0354. The van der Waals surface area contributed by atoms with Crippen LogP contribution in [-0.2, 0) is 0 Å². The van der Waals surface area contributed by atoms with Crippen molar-refractivity contribution in [2.45, 2.75) is 6.92 Å². The lowest BCUT2D eigenvalue weighted by molar-refractivity contribution is 0.103. The molecule has 0 radical (unpaired) electrons. The van der Waals surface area contributed by atoms with Gasteiger partial charge in [-0.2, -0.15) is 0 Å². The molecule has 86 valence electrons. The van der Waals surface area contributed by atoms with E-state index in [1.807, 2.05) is 6.07 Å². The van der Waals surface area contributed by atoms with Gasteiger partial charge in [-0.25, -0.2) is 0 Å². The van der Waals surface area contributed by atoms with Crippen molar-refractivity contribution in [3.63, 3.8) is 0 Å². The fourth-order valence-corrected chi connectivity index (χ4v) is 1.92. The Hall–Kier alpha value is -1.61. The molecule has 2 aromatic carbocycles. The van der Waals surface area contributed by atoms with Crippen molar-refractivity contribution in [3.05, 3.63) is 63.6 Å². The highest BCUT2D eigenvalue weighted by atomic mass is 79.9. The van der Waals surface area contributed by atoms with Crippen LogP contribution in [0.2, 0.25) is 0 Å². The van der Waals surface area contributed by atoms with Gasteiger partial charge < -0.3 is 5.11 Å². The Bertz CT molecular complexity index is 562. The van der Waals surface area contributed by atoms with Gasteiger partial charge in [-0.1, -0.05) is 46.3 Å². The van der Waals surface area contributed by atoms with E-state index in [2.05, 4.69) is 15.9 Å². The summed E-state index contributed by atoms with van der Waals surface area (Å²) in [6, 6.07) is 12.3. The molecule has 0 amide bonds. The van der Waals surface area contributed by atoms with Gasteiger partial charge in [-0.15, -0.1) is 0 Å². The number of halogens is 1. The minimum Gasteiger partial charge on any atom is -0.507 e. The van der Waals surface area contributed by atoms with Crippen LogP contribution in [0.5, 0.6) is 5.75 Å². The van der Waals surface area contributed by atoms with E-state index in [4.69, 9.17) is 0 Å². The predicted molar refractivity (Wildman–Crippen MR) is 70.4 cm³/mol. The molecule has 0 bridgehead atoms. The highest BCUT2D eigenvalue weighted by Gasteiger charge is 2.15. The molecule has 3 heteroatoms. The van der Waals surface area contributed by atoms with Crippen LogP contribution in [0.4, 0.5) is 0 Å². The molecule has 2 rings (SSSR count). The zero-order chi connectivity index (χ0) is 12.4. The van der Waals surface area contributed by atoms with Gasteiger partial charge in [0, 0.05) is 15.6 Å². The zero-order valence-corrected chi connectivity index (χ0v) is 10.9. The summed E-state index contributed by atoms with van der Waals surface area (Å²) in [6.07, 6.45) is 0. The van der Waals surface area contributed by atoms with Gasteiger partial charge in [0.25, 0.3) is 0 Å². The second kappa shape index (κ2) is 4.72. The van der Waals surface area contributed by atoms with Crippen LogP contribution in [0.1, 0.15) is 21.5 Å². The molecule has 17 heavy (non-hydrogen) atoms. The summed E-state index contributed by atoms with van der Waals surface area (Å²) in [5.41, 5.74) is 1.58. The molecule has 1 N–H and O–H groups in total. The predicted octanol–water partition coefficient (Wildman–Crippen LogP) is 3.69. The first-order valence-electron chi connectivity index (χ1n) is 5.19. The van der Waals surface area contributed by atoms with Gasteiger partial charge in [-0.3, -0.25) is 4.79 Å². The van der Waals surface area contributed by atoms with Crippen molar-refractivity contribution in [1.29, 1.82) is 0 Å². The number of hydrogen-bond donors (Lipinski definition) is 1. The second-order valence-electron chi connectivity index (χ2n) is 3.76. The molecule has 2 nitrogen and oxygen atoms in total. The van der Waals surface area contributed by atoms with Gasteiger partial charge in [0.1, 0.15) is 5.75 Å². The van der Waals surface area contributed by atoms with E-state index >= 15 is 0 Å². The van der Waals surface area contributed by atoms with E-state index < -0.39 is 0 Å². The molecule has 0 aromatic heterocycles. The van der Waals surface area contributed by atoms with E-state index in [0.29, 0.717) is 16.7 Å². The van der Waals surface area contributed by atoms with Crippen molar-refractivity contribution in [1.82, 2.24) is 0 Å². The summed E-state index contributed by atoms with van der Waals surface area (Å²) in [6.45, 7) is 1.77. The maximum absolute atomic E-state index is 12.2. The first-order valence-corrected chi connectivity index (χ1v) is 5.98. The third-order valence-electron chi connectivity index (χ3n) is 2.65. The number of carbonyl (C=O) groups is 1. The molecule has 0 fully saturated rings. The van der Waals surface area contributed by atoms with E-state index in [9.17, 15) is 9.90 Å². The lowest BCUT2D eigenvalue weighted by Gasteiger charge is -2.07. The fraction of sp³-hybridized carbons (Fsp3) is 0.0714. The van der Waals surface area contributed by atoms with E-state index in [1.165, 1.54) is 0 Å². The van der Waals surface area contributed by atoms with Crippen LogP contribution in [0, 0.1) is 6.92 Å². The number of carbonyl (C=O) groups excluding carboxylic acids is 1. The SMILES string of the molecule is Cc1c(Br)ccc(C(=O)c2ccccc2)c1O. The first kappa shape index (κ1) is 11.9. The first-order chi connectivity index (χ1) is 8.11. The quantitative estimate of drug-likeness (QED) is 0.857. The highest BCUT2D eigenvalue weighted by Crippen LogP contribution is 2.30. The third-order valence-corrected chi connectivity index (χ3v) is 3.50. The maximum Gasteiger partial charge on any atom is 0.196 e. The van der Waals surface area contributed by atoms with Crippen LogP contribution in [0.3, 0.4) is 0 Å². The van der Waals surface area contributed by atoms with Gasteiger partial charge >= 0.3 is 0 Å². The molecule has 0 unspecified atom stereocenters. The van der Waals surface area contributed by atoms with Crippen LogP contribution >= 0.6 is 15.9 Å². The lowest BCUT2D eigenvalue weighted by atomic mass is 10.0. The summed E-state index contributed by atoms with van der Waals surface area (Å²) in [7, 11) is 0. The number of hydrogen-bond acceptors (Lipinski definition) is 2. The molecule has 0 saturated heterocycles. The summed E-state index contributed by atoms with van der Waals surface area (Å²) in [5.74, 6) is -0.132. The molecular weight excluding hydrogens is 280 g/mol. The number of rotatable bonds is 2. The molecule has 0 aliphatic rings. The largest absolute Gasteiger partial charge is 0.507 e. The number of phenols is 1. The molecule has 0 atom stereocenters. The molecule has 0 spiro atoms. The lowest BCUT2D eigenvalue weighted by Crippen LogP contribution is -2.02. The summed E-state index contributed by atoms with van der Waals surface area (Å²) >= 11 is 3.31. The molecule has 0 aliphatic heterocycles. The Morgan fingerprint density at radius 2 is 1.76 bits per heavy atom. The third kappa shape index (κ3) is 2.24. The van der Waals surface area contributed by atoms with E-state index in [1.54, 1.807) is 43.3 Å². The van der Waals surface area contributed by atoms with E-state index in [0.717, 1.165) is 4.47 Å². The maximum atomic E-state index is 12.2. The van der Waals surface area contributed by atoms with Gasteiger partial charge in [0.2, 0.25) is 0 Å². The number of benzene rings is 2. The van der Waals surface area contributed by atoms with Gasteiger partial charge in [0.15, 0.2) is 5.78 Å². The normalized spacial score (nSPS) is 10.2. The van der Waals surface area contributed by atoms with Gasteiger partial charge in [0.05, 0.1) is 5.56 Å². The van der Waals surface area contributed by atoms with Crippen LogP contribution in [-0.4, -0.2) is 10.9 Å². The topological polar surface area (TPSA) is 37.3 Å². The van der Waals surface area contributed by atoms with Crippen molar-refractivity contribution in [3.8, 4) is 5.75 Å². The Labute approximate surface area is 108 Å². The molecule has 2 aromatic rings. The minimum atomic E-state index is -0.168. The Kier molecular flexibility index (Phi) is 3.29. The molecule has 0 heterocycles. The van der Waals surface area contributed by atoms with Crippen molar-refractivity contribution in [2.75, 3.05) is 0 Å². The Morgan fingerprint density at radius 1 is 1.12 bits per heavy atom. The standard InChI is InChI=1S/C14H11BrO2/c1-9-12(15)8-7-11(13(9)16)14(17)10-5-3-2-4-6-10/h2-8,16H,1H3. The number of phenolic OH excluding ortho intramolecular Hbond substituents is 1. The highest BCUT2D eigenvalue weighted by molar-refractivity contribution is 9.10. The van der Waals surface area contributed by atoms with Crippen molar-refractivity contribution >= 4 is 21.7 Å². The van der Waals surface area contributed by atoms with E-state index in [-0.39, 0.29) is 11.5 Å². The zero-order valence-electron chi connectivity index (χ0n) is 9.27. The van der Waals surface area contributed by atoms with Crippen molar-refractivity contribution in [2.24, 2.45) is 0 Å². The smallest absolute Gasteiger partial charge is 0.196 e. The average molecular weight is 291 g/mol. The monoisotopic (exact) mass is 290 g/mol. The summed E-state index contributed by atoms with van der Waals surface area (Å²) in [4.78, 5) is 12.2. The van der Waals surface area contributed by atoms with Gasteiger partial charge in [-0.05, 0) is 19.1 Å². The Morgan fingerprint density at radius 3 is 2.41 bits per heavy atom. The molecular formula is C14H11BrO2. The van der Waals surface area contributed by atoms with Crippen LogP contribution in [0.15, 0.2) is 46.9 Å². The van der Waals surface area contributed by atoms with Crippen LogP contribution in [0.25, 0.3) is 0 Å². The number of ketones is 1. The molecule has 0 saturated carbocycles. The number of aromatic hydroxyl groups is 1. The fourth-order valence-electron chi connectivity index (χ4n) is 1.60. The summed E-state index contributed by atoms with van der Waals surface area (Å²) in [5, 5.41) is 9.96. The van der Waals surface area contributed by atoms with Crippen molar-refractivity contribution < 1.29 is 9.90 Å². The summed E-state index contributed by atoms with van der Waals surface area (Å²) < 4.78 is 0.791.